The van der Waals surface area contributed by atoms with Gasteiger partial charge >= 0.3 is 0 Å². The number of nitrogens with zero attached hydrogens (tertiary/aromatic N) is 1. The van der Waals surface area contributed by atoms with Gasteiger partial charge in [0.15, 0.2) is 0 Å². The van der Waals surface area contributed by atoms with Crippen molar-refractivity contribution >= 4 is 0 Å². The van der Waals surface area contributed by atoms with Gasteiger partial charge in [-0.05, 0) is 45.1 Å². The van der Waals surface area contributed by atoms with Crippen LogP contribution in [0.4, 0.5) is 0 Å². The highest BCUT2D eigenvalue weighted by atomic mass is 16.5. The number of ether oxygens (including phenoxy) is 1. The standard InChI is InChI=1S/C16H28N2O/c1-13(2)7-6-10-19-15-9-8-14(11-17-15)12-18-16(3,4)5/h8-9,11,13,18H,6-7,10,12H2,1-5H3. The van der Waals surface area contributed by atoms with Gasteiger partial charge in [0, 0.05) is 24.3 Å². The first kappa shape index (κ1) is 16.0. The zero-order valence-corrected chi connectivity index (χ0v) is 13.0. The molecule has 19 heavy (non-hydrogen) atoms. The highest BCUT2D eigenvalue weighted by molar-refractivity contribution is 5.17. The van der Waals surface area contributed by atoms with Gasteiger partial charge in [-0.15, -0.1) is 0 Å². The van der Waals surface area contributed by atoms with E-state index in [9.17, 15) is 0 Å². The molecule has 1 heterocycles. The van der Waals surface area contributed by atoms with Crippen LogP contribution in [0.2, 0.25) is 0 Å². The Morgan fingerprint density at radius 3 is 2.53 bits per heavy atom. The van der Waals surface area contributed by atoms with Crippen LogP contribution in [0.3, 0.4) is 0 Å². The van der Waals surface area contributed by atoms with Crippen LogP contribution < -0.4 is 10.1 Å². The summed E-state index contributed by atoms with van der Waals surface area (Å²) in [4.78, 5) is 4.33. The molecule has 3 heteroatoms. The predicted octanol–water partition coefficient (Wildman–Crippen LogP) is 3.78. The second kappa shape index (κ2) is 7.49. The molecule has 0 aromatic carbocycles. The van der Waals surface area contributed by atoms with Crippen molar-refractivity contribution in [1.82, 2.24) is 10.3 Å². The van der Waals surface area contributed by atoms with Crippen LogP contribution in [0, 0.1) is 5.92 Å². The molecule has 0 bridgehead atoms. The summed E-state index contributed by atoms with van der Waals surface area (Å²) in [5, 5.41) is 3.44. The van der Waals surface area contributed by atoms with Crippen molar-refractivity contribution in [2.45, 2.75) is 59.5 Å². The first-order valence-corrected chi connectivity index (χ1v) is 7.19. The van der Waals surface area contributed by atoms with E-state index in [0.29, 0.717) is 0 Å². The molecule has 1 aromatic rings. The molecule has 0 radical (unpaired) electrons. The van der Waals surface area contributed by atoms with Gasteiger partial charge in [-0.2, -0.15) is 0 Å². The Bertz CT molecular complexity index is 352. The van der Waals surface area contributed by atoms with Crippen LogP contribution in [0.1, 0.15) is 53.0 Å². The molecule has 0 aliphatic rings. The molecule has 1 aromatic heterocycles. The zero-order valence-electron chi connectivity index (χ0n) is 13.0. The van der Waals surface area contributed by atoms with Crippen molar-refractivity contribution in [3.63, 3.8) is 0 Å². The smallest absolute Gasteiger partial charge is 0.213 e. The van der Waals surface area contributed by atoms with E-state index in [0.717, 1.165) is 31.4 Å². The lowest BCUT2D eigenvalue weighted by Gasteiger charge is -2.20. The Morgan fingerprint density at radius 1 is 1.26 bits per heavy atom. The molecule has 0 aliphatic carbocycles. The molecule has 0 spiro atoms. The van der Waals surface area contributed by atoms with Crippen LogP contribution in [0.15, 0.2) is 18.3 Å². The van der Waals surface area contributed by atoms with Crippen LogP contribution in [0.5, 0.6) is 5.88 Å². The highest BCUT2D eigenvalue weighted by Gasteiger charge is 2.08. The number of hydrogen-bond donors (Lipinski definition) is 1. The van der Waals surface area contributed by atoms with E-state index in [2.05, 4.69) is 51.0 Å². The number of nitrogens with one attached hydrogen (secondary N) is 1. The summed E-state index contributed by atoms with van der Waals surface area (Å²) in [5.74, 6) is 1.46. The van der Waals surface area contributed by atoms with E-state index >= 15 is 0 Å². The lowest BCUT2D eigenvalue weighted by molar-refractivity contribution is 0.287. The Kier molecular flexibility index (Phi) is 6.29. The minimum Gasteiger partial charge on any atom is -0.478 e. The lowest BCUT2D eigenvalue weighted by atomic mass is 10.1. The third-order valence-electron chi connectivity index (χ3n) is 2.80. The van der Waals surface area contributed by atoms with Crippen molar-refractivity contribution in [3.8, 4) is 5.88 Å². The SMILES string of the molecule is CC(C)CCCOc1ccc(CNC(C)(C)C)cn1. The Balaban J connectivity index is 2.31. The highest BCUT2D eigenvalue weighted by Crippen LogP contribution is 2.10. The summed E-state index contributed by atoms with van der Waals surface area (Å²) >= 11 is 0. The number of aromatic nitrogens is 1. The van der Waals surface area contributed by atoms with E-state index in [-0.39, 0.29) is 5.54 Å². The molecular weight excluding hydrogens is 236 g/mol. The van der Waals surface area contributed by atoms with Crippen LogP contribution >= 0.6 is 0 Å². The molecule has 0 unspecified atom stereocenters. The van der Waals surface area contributed by atoms with Crippen LogP contribution in [0.25, 0.3) is 0 Å². The third-order valence-corrected chi connectivity index (χ3v) is 2.80. The summed E-state index contributed by atoms with van der Waals surface area (Å²) < 4.78 is 5.63. The van der Waals surface area contributed by atoms with Crippen LogP contribution in [-0.2, 0) is 6.54 Å². The van der Waals surface area contributed by atoms with Gasteiger partial charge in [-0.3, -0.25) is 0 Å². The molecule has 0 fully saturated rings. The van der Waals surface area contributed by atoms with Gasteiger partial charge in [0.1, 0.15) is 0 Å². The van der Waals surface area contributed by atoms with Gasteiger partial charge in [-0.25, -0.2) is 4.98 Å². The molecule has 3 nitrogen and oxygen atoms in total. The largest absolute Gasteiger partial charge is 0.478 e. The molecule has 0 atom stereocenters. The lowest BCUT2D eigenvalue weighted by Crippen LogP contribution is -2.35. The molecule has 0 saturated carbocycles. The summed E-state index contributed by atoms with van der Waals surface area (Å²) in [6.07, 6.45) is 4.18. The minimum absolute atomic E-state index is 0.131. The first-order valence-electron chi connectivity index (χ1n) is 7.19. The Hall–Kier alpha value is -1.09. The number of rotatable bonds is 7. The summed E-state index contributed by atoms with van der Waals surface area (Å²) in [6.45, 7) is 12.5. The average Bonchev–Trinajstić information content (AvgIpc) is 2.32. The quantitative estimate of drug-likeness (QED) is 0.761. The topological polar surface area (TPSA) is 34.1 Å². The van der Waals surface area contributed by atoms with Gasteiger partial charge < -0.3 is 10.1 Å². The van der Waals surface area contributed by atoms with Crippen LogP contribution in [-0.4, -0.2) is 17.1 Å². The second-order valence-electron chi connectivity index (χ2n) is 6.49. The summed E-state index contributed by atoms with van der Waals surface area (Å²) in [6, 6.07) is 4.03. The van der Waals surface area contributed by atoms with Gasteiger partial charge in [0.2, 0.25) is 5.88 Å². The molecule has 108 valence electrons. The molecule has 0 amide bonds. The maximum absolute atomic E-state index is 5.63. The average molecular weight is 264 g/mol. The van der Waals surface area contributed by atoms with Gasteiger partial charge in [0.05, 0.1) is 6.61 Å². The minimum atomic E-state index is 0.131. The Labute approximate surface area is 117 Å². The molecule has 0 saturated heterocycles. The van der Waals surface area contributed by atoms with Gasteiger partial charge in [-0.1, -0.05) is 19.9 Å². The first-order chi connectivity index (χ1) is 8.87. The Morgan fingerprint density at radius 2 is 2.00 bits per heavy atom. The van der Waals surface area contributed by atoms with E-state index in [4.69, 9.17) is 4.74 Å². The molecule has 1 rings (SSSR count). The van der Waals surface area contributed by atoms with Crippen molar-refractivity contribution in [3.05, 3.63) is 23.9 Å². The predicted molar refractivity (Wildman–Crippen MR) is 80.4 cm³/mol. The molecular formula is C16H28N2O. The third kappa shape index (κ3) is 7.83. The number of hydrogen-bond acceptors (Lipinski definition) is 3. The van der Waals surface area contributed by atoms with E-state index in [1.807, 2.05) is 12.3 Å². The fourth-order valence-corrected chi connectivity index (χ4v) is 1.64. The summed E-state index contributed by atoms with van der Waals surface area (Å²) in [5.41, 5.74) is 1.32. The maximum atomic E-state index is 5.63. The van der Waals surface area contributed by atoms with E-state index in [1.165, 1.54) is 12.0 Å². The van der Waals surface area contributed by atoms with Crippen molar-refractivity contribution in [2.24, 2.45) is 5.92 Å². The van der Waals surface area contributed by atoms with Gasteiger partial charge in [0.25, 0.3) is 0 Å². The fourth-order valence-electron chi connectivity index (χ4n) is 1.64. The maximum Gasteiger partial charge on any atom is 0.213 e. The van der Waals surface area contributed by atoms with E-state index < -0.39 is 0 Å². The fraction of sp³-hybridized carbons (Fsp3) is 0.688. The normalized spacial score (nSPS) is 11.9. The van der Waals surface area contributed by atoms with E-state index in [1.54, 1.807) is 0 Å². The second-order valence-corrected chi connectivity index (χ2v) is 6.49. The number of pyridine rings is 1. The molecule has 0 aliphatic heterocycles. The molecule has 1 N–H and O–H groups in total. The monoisotopic (exact) mass is 264 g/mol. The van der Waals surface area contributed by atoms with Crippen molar-refractivity contribution in [1.29, 1.82) is 0 Å². The van der Waals surface area contributed by atoms with Crippen molar-refractivity contribution < 1.29 is 4.74 Å². The van der Waals surface area contributed by atoms with Crippen molar-refractivity contribution in [2.75, 3.05) is 6.61 Å². The zero-order chi connectivity index (χ0) is 14.3. The summed E-state index contributed by atoms with van der Waals surface area (Å²) in [7, 11) is 0.